The molecule has 1 fully saturated rings. The van der Waals surface area contributed by atoms with Gasteiger partial charge in [0.15, 0.2) is 4.96 Å². The molecule has 0 aromatic carbocycles. The van der Waals surface area contributed by atoms with Crippen LogP contribution in [0.25, 0.3) is 4.96 Å². The maximum atomic E-state index is 4.68. The molecular weight excluding hydrogens is 278 g/mol. The van der Waals surface area contributed by atoms with E-state index in [0.29, 0.717) is 6.04 Å². The van der Waals surface area contributed by atoms with Crippen LogP contribution >= 0.6 is 11.3 Å². The molecule has 0 bridgehead atoms. The van der Waals surface area contributed by atoms with Crippen LogP contribution in [0, 0.1) is 19.8 Å². The van der Waals surface area contributed by atoms with Crippen molar-refractivity contribution >= 4 is 16.3 Å². The minimum atomic E-state index is 0.604. The third kappa shape index (κ3) is 3.16. The quantitative estimate of drug-likeness (QED) is 0.845. The maximum Gasteiger partial charge on any atom is 0.194 e. The molecule has 1 saturated carbocycles. The number of thiazole rings is 1. The Bertz CT molecular complexity index is 590. The van der Waals surface area contributed by atoms with Crippen molar-refractivity contribution in [1.29, 1.82) is 0 Å². The SMILES string of the molecule is Cc1nc2scc(C)n2c1CN[C@@H](C)C1CCCCCC1. The first-order valence-electron chi connectivity index (χ1n) is 8.32. The second kappa shape index (κ2) is 6.49. The van der Waals surface area contributed by atoms with Gasteiger partial charge >= 0.3 is 0 Å². The van der Waals surface area contributed by atoms with Crippen molar-refractivity contribution in [3.05, 3.63) is 22.5 Å². The Morgan fingerprint density at radius 2 is 2.00 bits per heavy atom. The fourth-order valence-corrected chi connectivity index (χ4v) is 4.54. The van der Waals surface area contributed by atoms with Crippen molar-refractivity contribution in [2.45, 2.75) is 71.9 Å². The van der Waals surface area contributed by atoms with E-state index < -0.39 is 0 Å². The Labute approximate surface area is 131 Å². The van der Waals surface area contributed by atoms with Crippen molar-refractivity contribution in [2.75, 3.05) is 0 Å². The van der Waals surface area contributed by atoms with E-state index in [-0.39, 0.29) is 0 Å². The van der Waals surface area contributed by atoms with Gasteiger partial charge in [-0.2, -0.15) is 0 Å². The van der Waals surface area contributed by atoms with Gasteiger partial charge in [-0.25, -0.2) is 4.98 Å². The number of hydrogen-bond donors (Lipinski definition) is 1. The van der Waals surface area contributed by atoms with E-state index in [1.807, 2.05) is 0 Å². The van der Waals surface area contributed by atoms with Gasteiger partial charge in [0.1, 0.15) is 0 Å². The zero-order valence-corrected chi connectivity index (χ0v) is 14.3. The standard InChI is InChI=1S/C17H27N3S/c1-12-11-21-17-19-14(3)16(20(12)17)10-18-13(2)15-8-6-4-5-7-9-15/h11,13,15,18H,4-10H2,1-3H3/t13-/m0/s1. The predicted octanol–water partition coefficient (Wildman–Crippen LogP) is 4.46. The van der Waals surface area contributed by atoms with Gasteiger partial charge in [-0.15, -0.1) is 11.3 Å². The van der Waals surface area contributed by atoms with E-state index in [2.05, 4.69) is 40.9 Å². The lowest BCUT2D eigenvalue weighted by Crippen LogP contribution is -2.33. The van der Waals surface area contributed by atoms with Crippen LogP contribution in [0.4, 0.5) is 0 Å². The number of nitrogens with one attached hydrogen (secondary N) is 1. The van der Waals surface area contributed by atoms with Crippen molar-refractivity contribution in [2.24, 2.45) is 5.92 Å². The van der Waals surface area contributed by atoms with E-state index in [0.717, 1.165) is 17.4 Å². The molecule has 1 aliphatic carbocycles. The number of rotatable bonds is 4. The lowest BCUT2D eigenvalue weighted by Gasteiger charge is -2.23. The lowest BCUT2D eigenvalue weighted by atomic mass is 9.93. The van der Waals surface area contributed by atoms with Crippen molar-refractivity contribution in [3.8, 4) is 0 Å². The second-order valence-electron chi connectivity index (χ2n) is 6.56. The summed E-state index contributed by atoms with van der Waals surface area (Å²) in [6, 6.07) is 0.604. The smallest absolute Gasteiger partial charge is 0.194 e. The number of imidazole rings is 1. The van der Waals surface area contributed by atoms with Gasteiger partial charge in [0, 0.05) is 23.7 Å². The molecular formula is C17H27N3S. The van der Waals surface area contributed by atoms with Crippen LogP contribution in [0.5, 0.6) is 0 Å². The first kappa shape index (κ1) is 15.0. The summed E-state index contributed by atoms with van der Waals surface area (Å²) in [7, 11) is 0. The second-order valence-corrected chi connectivity index (χ2v) is 7.40. The van der Waals surface area contributed by atoms with Gasteiger partial charge in [-0.3, -0.25) is 4.40 Å². The molecule has 2 aromatic heterocycles. The molecule has 0 unspecified atom stereocenters. The first-order chi connectivity index (χ1) is 10.2. The van der Waals surface area contributed by atoms with Gasteiger partial charge in [-0.05, 0) is 39.5 Å². The van der Waals surface area contributed by atoms with E-state index in [9.17, 15) is 0 Å². The van der Waals surface area contributed by atoms with Crippen LogP contribution in [0.2, 0.25) is 0 Å². The molecule has 1 atom stereocenters. The van der Waals surface area contributed by atoms with Crippen molar-refractivity contribution < 1.29 is 0 Å². The molecule has 21 heavy (non-hydrogen) atoms. The summed E-state index contributed by atoms with van der Waals surface area (Å²) < 4.78 is 2.31. The van der Waals surface area contributed by atoms with Gasteiger partial charge in [-0.1, -0.05) is 25.7 Å². The molecule has 3 nitrogen and oxygen atoms in total. The number of aromatic nitrogens is 2. The Hall–Kier alpha value is -0.870. The molecule has 0 radical (unpaired) electrons. The van der Waals surface area contributed by atoms with Crippen LogP contribution < -0.4 is 5.32 Å². The largest absolute Gasteiger partial charge is 0.308 e. The molecule has 1 aliphatic rings. The molecule has 116 valence electrons. The highest BCUT2D eigenvalue weighted by atomic mass is 32.1. The van der Waals surface area contributed by atoms with E-state index >= 15 is 0 Å². The van der Waals surface area contributed by atoms with Gasteiger partial charge in [0.2, 0.25) is 0 Å². The Kier molecular flexibility index (Phi) is 4.65. The number of aryl methyl sites for hydroxylation is 2. The van der Waals surface area contributed by atoms with E-state index in [4.69, 9.17) is 0 Å². The third-order valence-corrected chi connectivity index (χ3v) is 5.97. The van der Waals surface area contributed by atoms with Crippen LogP contribution in [0.3, 0.4) is 0 Å². The topological polar surface area (TPSA) is 29.3 Å². The molecule has 0 aliphatic heterocycles. The Morgan fingerprint density at radius 1 is 1.29 bits per heavy atom. The summed E-state index contributed by atoms with van der Waals surface area (Å²) in [4.78, 5) is 5.81. The molecule has 2 heterocycles. The maximum absolute atomic E-state index is 4.68. The van der Waals surface area contributed by atoms with E-state index in [1.54, 1.807) is 11.3 Å². The fraction of sp³-hybridized carbons (Fsp3) is 0.706. The molecule has 0 amide bonds. The van der Waals surface area contributed by atoms with Gasteiger partial charge in [0.05, 0.1) is 11.4 Å². The van der Waals surface area contributed by atoms with Gasteiger partial charge in [0.25, 0.3) is 0 Å². The summed E-state index contributed by atoms with van der Waals surface area (Å²) >= 11 is 1.74. The zero-order chi connectivity index (χ0) is 14.8. The summed E-state index contributed by atoms with van der Waals surface area (Å²) in [6.07, 6.45) is 8.48. The van der Waals surface area contributed by atoms with Crippen molar-refractivity contribution in [1.82, 2.24) is 14.7 Å². The molecule has 0 spiro atoms. The normalized spacial score (nSPS) is 19.0. The summed E-state index contributed by atoms with van der Waals surface area (Å²) in [6.45, 7) is 7.60. The minimum absolute atomic E-state index is 0.604. The molecule has 0 saturated heterocycles. The number of hydrogen-bond acceptors (Lipinski definition) is 3. The number of fused-ring (bicyclic) bond motifs is 1. The summed E-state index contributed by atoms with van der Waals surface area (Å²) in [5.74, 6) is 0.847. The van der Waals surface area contributed by atoms with Gasteiger partial charge < -0.3 is 5.32 Å². The molecule has 2 aromatic rings. The number of nitrogens with zero attached hydrogens (tertiary/aromatic N) is 2. The summed E-state index contributed by atoms with van der Waals surface area (Å²) in [5, 5.41) is 5.97. The predicted molar refractivity (Wildman–Crippen MR) is 90.0 cm³/mol. The van der Waals surface area contributed by atoms with Crippen molar-refractivity contribution in [3.63, 3.8) is 0 Å². The average molecular weight is 305 g/mol. The zero-order valence-electron chi connectivity index (χ0n) is 13.5. The fourth-order valence-electron chi connectivity index (χ4n) is 3.61. The average Bonchev–Trinajstić information content (AvgIpc) is 2.84. The first-order valence-corrected chi connectivity index (χ1v) is 9.20. The van der Waals surface area contributed by atoms with Crippen LogP contribution in [0.15, 0.2) is 5.38 Å². The monoisotopic (exact) mass is 305 g/mol. The van der Waals surface area contributed by atoms with Crippen LogP contribution in [-0.2, 0) is 6.54 Å². The Balaban J connectivity index is 1.68. The minimum Gasteiger partial charge on any atom is -0.308 e. The van der Waals surface area contributed by atoms with Crippen LogP contribution in [-0.4, -0.2) is 15.4 Å². The van der Waals surface area contributed by atoms with Crippen LogP contribution in [0.1, 0.15) is 62.5 Å². The van der Waals surface area contributed by atoms with E-state index in [1.165, 1.54) is 55.6 Å². The molecule has 3 rings (SSSR count). The highest BCUT2D eigenvalue weighted by Crippen LogP contribution is 2.26. The molecule has 4 heteroatoms. The summed E-state index contributed by atoms with van der Waals surface area (Å²) in [5.41, 5.74) is 3.81. The highest BCUT2D eigenvalue weighted by molar-refractivity contribution is 7.15. The molecule has 1 N–H and O–H groups in total. The third-order valence-electron chi connectivity index (χ3n) is 5.03. The lowest BCUT2D eigenvalue weighted by molar-refractivity contribution is 0.335. The highest BCUT2D eigenvalue weighted by Gasteiger charge is 2.20. The Morgan fingerprint density at radius 3 is 2.71 bits per heavy atom.